The van der Waals surface area contributed by atoms with Gasteiger partial charge in [-0.05, 0) is 24.6 Å². The molecule has 4 rings (SSSR count). The van der Waals surface area contributed by atoms with Crippen LogP contribution in [0.15, 0.2) is 35.0 Å². The largest absolute Gasteiger partial charge is 0.368 e. The Bertz CT molecular complexity index is 989. The molecule has 2 aromatic heterocycles. The number of rotatable bonds is 3. The van der Waals surface area contributed by atoms with Crippen LogP contribution in [-0.4, -0.2) is 34.1 Å². The van der Waals surface area contributed by atoms with Crippen LogP contribution in [0.3, 0.4) is 0 Å². The zero-order chi connectivity index (χ0) is 18.3. The minimum Gasteiger partial charge on any atom is -0.368 e. The average Bonchev–Trinajstić information content (AvgIpc) is 3.21. The van der Waals surface area contributed by atoms with Crippen LogP contribution in [0.2, 0.25) is 0 Å². The molecule has 0 bridgehead atoms. The van der Waals surface area contributed by atoms with E-state index in [0.717, 1.165) is 11.1 Å². The topological polar surface area (TPSA) is 84.2 Å². The first kappa shape index (κ1) is 16.4. The van der Waals surface area contributed by atoms with Gasteiger partial charge in [-0.1, -0.05) is 5.16 Å². The SMILES string of the molecule is CC(=O)N[C@@]1(c2noc(C)n2)CCN(c2ccnc3cc(F)ccc23)C1. The molecular weight excluding hydrogens is 337 g/mol. The van der Waals surface area contributed by atoms with Gasteiger partial charge < -0.3 is 14.7 Å². The van der Waals surface area contributed by atoms with Gasteiger partial charge in [-0.25, -0.2) is 4.39 Å². The van der Waals surface area contributed by atoms with Crippen molar-refractivity contribution >= 4 is 22.5 Å². The maximum atomic E-state index is 13.5. The summed E-state index contributed by atoms with van der Waals surface area (Å²) in [5, 5.41) is 7.89. The Hall–Kier alpha value is -3.03. The molecule has 26 heavy (non-hydrogen) atoms. The molecule has 8 heteroatoms. The maximum Gasteiger partial charge on any atom is 0.223 e. The van der Waals surface area contributed by atoms with Crippen molar-refractivity contribution in [2.75, 3.05) is 18.0 Å². The Labute approximate surface area is 149 Å². The molecule has 3 aromatic rings. The predicted molar refractivity (Wildman–Crippen MR) is 93.1 cm³/mol. The lowest BCUT2D eigenvalue weighted by atomic mass is 9.97. The number of carbonyl (C=O) groups excluding carboxylic acids is 1. The molecule has 1 aliphatic heterocycles. The van der Waals surface area contributed by atoms with Crippen molar-refractivity contribution in [2.45, 2.75) is 25.8 Å². The smallest absolute Gasteiger partial charge is 0.223 e. The Morgan fingerprint density at radius 3 is 2.96 bits per heavy atom. The second-order valence-corrected chi connectivity index (χ2v) is 6.56. The van der Waals surface area contributed by atoms with Crippen LogP contribution in [0.5, 0.6) is 0 Å². The van der Waals surface area contributed by atoms with Crippen LogP contribution in [0, 0.1) is 12.7 Å². The lowest BCUT2D eigenvalue weighted by molar-refractivity contribution is -0.120. The third-order valence-corrected chi connectivity index (χ3v) is 4.66. The van der Waals surface area contributed by atoms with Gasteiger partial charge in [0, 0.05) is 50.3 Å². The third-order valence-electron chi connectivity index (χ3n) is 4.66. The molecule has 0 aliphatic carbocycles. The van der Waals surface area contributed by atoms with E-state index in [-0.39, 0.29) is 11.7 Å². The summed E-state index contributed by atoms with van der Waals surface area (Å²) in [7, 11) is 0. The number of aromatic nitrogens is 3. The predicted octanol–water partition coefficient (Wildman–Crippen LogP) is 2.31. The Balaban J connectivity index is 1.73. The Morgan fingerprint density at radius 2 is 2.23 bits per heavy atom. The van der Waals surface area contributed by atoms with E-state index < -0.39 is 5.54 Å². The van der Waals surface area contributed by atoms with Crippen LogP contribution in [0.1, 0.15) is 25.1 Å². The molecule has 0 unspecified atom stereocenters. The summed E-state index contributed by atoms with van der Waals surface area (Å²) in [4.78, 5) is 22.5. The van der Waals surface area contributed by atoms with Crippen LogP contribution in [-0.2, 0) is 10.3 Å². The van der Waals surface area contributed by atoms with Gasteiger partial charge >= 0.3 is 0 Å². The van der Waals surface area contributed by atoms with Crippen molar-refractivity contribution in [2.24, 2.45) is 0 Å². The lowest BCUT2D eigenvalue weighted by Gasteiger charge is -2.27. The molecule has 1 aliphatic rings. The number of amides is 1. The molecule has 1 atom stereocenters. The van der Waals surface area contributed by atoms with Crippen molar-refractivity contribution in [1.29, 1.82) is 0 Å². The standard InChI is InChI=1S/C18H18FN5O2/c1-11(25)22-18(17-21-12(2)26-23-17)6-8-24(10-18)16-5-7-20-15-9-13(19)3-4-14(15)16/h3-5,7,9H,6,8,10H2,1-2H3,(H,22,25)/t18-/m0/s1. The van der Waals surface area contributed by atoms with Gasteiger partial charge in [0.05, 0.1) is 5.52 Å². The Morgan fingerprint density at radius 1 is 1.38 bits per heavy atom. The van der Waals surface area contributed by atoms with Crippen molar-refractivity contribution in [3.05, 3.63) is 48.0 Å². The number of nitrogens with zero attached hydrogens (tertiary/aromatic N) is 4. The molecule has 0 radical (unpaired) electrons. The Kier molecular flexibility index (Phi) is 3.82. The highest BCUT2D eigenvalue weighted by molar-refractivity contribution is 5.91. The second-order valence-electron chi connectivity index (χ2n) is 6.56. The van der Waals surface area contributed by atoms with Crippen molar-refractivity contribution in [3.63, 3.8) is 0 Å². The van der Waals surface area contributed by atoms with Gasteiger partial charge in [-0.15, -0.1) is 0 Å². The summed E-state index contributed by atoms with van der Waals surface area (Å²) in [6.45, 7) is 4.37. The van der Waals surface area contributed by atoms with Crippen LogP contribution in [0.25, 0.3) is 10.9 Å². The van der Waals surface area contributed by atoms with Crippen molar-refractivity contribution in [1.82, 2.24) is 20.4 Å². The van der Waals surface area contributed by atoms with Gasteiger partial charge in [-0.3, -0.25) is 9.78 Å². The lowest BCUT2D eigenvalue weighted by Crippen LogP contribution is -2.48. The molecule has 0 spiro atoms. The van der Waals surface area contributed by atoms with E-state index in [2.05, 4.69) is 25.3 Å². The number of nitrogens with one attached hydrogen (secondary N) is 1. The first-order chi connectivity index (χ1) is 12.5. The number of halogens is 1. The van der Waals surface area contributed by atoms with E-state index in [1.807, 2.05) is 6.07 Å². The molecule has 0 saturated carbocycles. The number of fused-ring (bicyclic) bond motifs is 1. The minimum absolute atomic E-state index is 0.157. The fraction of sp³-hybridized carbons (Fsp3) is 0.333. The summed E-state index contributed by atoms with van der Waals surface area (Å²) in [5.41, 5.74) is 0.802. The summed E-state index contributed by atoms with van der Waals surface area (Å²) >= 11 is 0. The highest BCUT2D eigenvalue weighted by Crippen LogP contribution is 2.36. The van der Waals surface area contributed by atoms with Gasteiger partial charge in [0.2, 0.25) is 11.8 Å². The number of anilines is 1. The summed E-state index contributed by atoms with van der Waals surface area (Å²) in [5.74, 6) is 0.444. The van der Waals surface area contributed by atoms with Crippen molar-refractivity contribution in [3.8, 4) is 0 Å². The van der Waals surface area contributed by atoms with E-state index >= 15 is 0 Å². The van der Waals surface area contributed by atoms with Gasteiger partial charge in [0.25, 0.3) is 0 Å². The molecule has 1 N–H and O–H groups in total. The zero-order valence-corrected chi connectivity index (χ0v) is 14.5. The first-order valence-corrected chi connectivity index (χ1v) is 8.36. The summed E-state index contributed by atoms with van der Waals surface area (Å²) < 4.78 is 18.6. The van der Waals surface area contributed by atoms with Gasteiger partial charge in [0.15, 0.2) is 5.82 Å². The van der Waals surface area contributed by atoms with E-state index in [9.17, 15) is 9.18 Å². The molecule has 3 heterocycles. The number of pyridine rings is 1. The van der Waals surface area contributed by atoms with Gasteiger partial charge in [0.1, 0.15) is 11.4 Å². The number of hydrogen-bond acceptors (Lipinski definition) is 6. The van der Waals surface area contributed by atoms with Crippen LogP contribution >= 0.6 is 0 Å². The molecule has 1 aromatic carbocycles. The summed E-state index contributed by atoms with van der Waals surface area (Å²) in [6.07, 6.45) is 2.30. The highest BCUT2D eigenvalue weighted by Gasteiger charge is 2.44. The van der Waals surface area contributed by atoms with E-state index in [4.69, 9.17) is 4.52 Å². The maximum absolute atomic E-state index is 13.5. The minimum atomic E-state index is -0.723. The average molecular weight is 355 g/mol. The molecule has 134 valence electrons. The first-order valence-electron chi connectivity index (χ1n) is 8.36. The molecule has 1 fully saturated rings. The fourth-order valence-electron chi connectivity index (χ4n) is 3.57. The van der Waals surface area contributed by atoms with Crippen LogP contribution < -0.4 is 10.2 Å². The molecular formula is C18H18FN5O2. The fourth-order valence-corrected chi connectivity index (χ4v) is 3.57. The molecule has 1 saturated heterocycles. The normalized spacial score (nSPS) is 19.9. The number of carbonyl (C=O) groups is 1. The van der Waals surface area contributed by atoms with E-state index in [0.29, 0.717) is 36.7 Å². The van der Waals surface area contributed by atoms with Crippen molar-refractivity contribution < 1.29 is 13.7 Å². The van der Waals surface area contributed by atoms with Gasteiger partial charge in [-0.2, -0.15) is 4.98 Å². The molecule has 7 nitrogen and oxygen atoms in total. The van der Waals surface area contributed by atoms with E-state index in [1.54, 1.807) is 19.2 Å². The quantitative estimate of drug-likeness (QED) is 0.776. The number of hydrogen-bond donors (Lipinski definition) is 1. The number of benzene rings is 1. The highest BCUT2D eigenvalue weighted by atomic mass is 19.1. The zero-order valence-electron chi connectivity index (χ0n) is 14.5. The second kappa shape index (κ2) is 6.05. The third kappa shape index (κ3) is 2.77. The summed E-state index contributed by atoms with van der Waals surface area (Å²) in [6, 6.07) is 6.46. The molecule has 1 amide bonds. The number of aryl methyl sites for hydroxylation is 1. The van der Waals surface area contributed by atoms with E-state index in [1.165, 1.54) is 19.1 Å². The monoisotopic (exact) mass is 355 g/mol. The van der Waals surface area contributed by atoms with Crippen LogP contribution in [0.4, 0.5) is 10.1 Å².